The average molecular weight is 295 g/mol. The number of aromatic nitrogens is 3. The van der Waals surface area contributed by atoms with Crippen molar-refractivity contribution in [3.05, 3.63) is 11.6 Å². The Morgan fingerprint density at radius 1 is 1.00 bits per heavy atom. The van der Waals surface area contributed by atoms with E-state index >= 15 is 0 Å². The summed E-state index contributed by atoms with van der Waals surface area (Å²) in [5.41, 5.74) is 0. The summed E-state index contributed by atoms with van der Waals surface area (Å²) in [4.78, 5) is 9.65. The number of hydrogen-bond donors (Lipinski definition) is 1. The van der Waals surface area contributed by atoms with E-state index in [1.165, 1.54) is 7.05 Å². The second-order valence-electron chi connectivity index (χ2n) is 2.55. The molecule has 0 amide bonds. The summed E-state index contributed by atoms with van der Waals surface area (Å²) in [6.07, 6.45) is -4.74. The monoisotopic (exact) mass is 294 g/mol. The molecule has 10 heteroatoms. The van der Waals surface area contributed by atoms with Crippen LogP contribution in [0.25, 0.3) is 0 Å². The van der Waals surface area contributed by atoms with Crippen LogP contribution < -0.4 is 5.32 Å². The van der Waals surface area contributed by atoms with Crippen LogP contribution in [0.3, 0.4) is 0 Å². The van der Waals surface area contributed by atoms with Crippen molar-refractivity contribution >= 4 is 40.8 Å². The van der Waals surface area contributed by atoms with Crippen molar-refractivity contribution in [3.8, 4) is 0 Å². The van der Waals surface area contributed by atoms with Crippen molar-refractivity contribution in [2.24, 2.45) is 0 Å². The highest BCUT2D eigenvalue weighted by atomic mass is 35.6. The van der Waals surface area contributed by atoms with Gasteiger partial charge in [0, 0.05) is 7.05 Å². The van der Waals surface area contributed by atoms with E-state index in [9.17, 15) is 13.2 Å². The van der Waals surface area contributed by atoms with Crippen LogP contribution in [0, 0.1) is 0 Å². The minimum atomic E-state index is -4.74. The fraction of sp³-hybridized carbons (Fsp3) is 0.500. The third kappa shape index (κ3) is 3.23. The van der Waals surface area contributed by atoms with Gasteiger partial charge in [-0.05, 0) is 0 Å². The van der Waals surface area contributed by atoms with Gasteiger partial charge in [-0.25, -0.2) is 4.98 Å². The third-order valence-electron chi connectivity index (χ3n) is 1.37. The molecular weight excluding hydrogens is 291 g/mol. The fourth-order valence-electron chi connectivity index (χ4n) is 0.741. The first-order chi connectivity index (χ1) is 7.14. The normalized spacial score (nSPS) is 12.7. The highest BCUT2D eigenvalue weighted by Crippen LogP contribution is 2.37. The van der Waals surface area contributed by atoms with Crippen molar-refractivity contribution in [3.63, 3.8) is 0 Å². The van der Waals surface area contributed by atoms with Gasteiger partial charge in [0.1, 0.15) is 0 Å². The highest BCUT2D eigenvalue weighted by molar-refractivity contribution is 6.66. The number of nitrogens with one attached hydrogen (secondary N) is 1. The van der Waals surface area contributed by atoms with Gasteiger partial charge < -0.3 is 5.32 Å². The number of anilines is 1. The van der Waals surface area contributed by atoms with Crippen molar-refractivity contribution in [1.29, 1.82) is 0 Å². The van der Waals surface area contributed by atoms with E-state index in [1.807, 2.05) is 0 Å². The van der Waals surface area contributed by atoms with Gasteiger partial charge in [0.2, 0.25) is 15.6 Å². The standard InChI is InChI=1S/C6H4Cl3F3N4/c1-13-4-15-2(5(7,8)9)14-3(16-4)6(10,11)12/h1H3,(H,13,14,15,16). The smallest absolute Gasteiger partial charge is 0.357 e. The minimum absolute atomic E-state index is 0.330. The second-order valence-corrected chi connectivity index (χ2v) is 4.83. The maximum atomic E-state index is 12.4. The Labute approximate surface area is 103 Å². The summed E-state index contributed by atoms with van der Waals surface area (Å²) in [6.45, 7) is 0. The maximum absolute atomic E-state index is 12.4. The van der Waals surface area contributed by atoms with Gasteiger partial charge in [-0.3, -0.25) is 0 Å². The molecule has 0 radical (unpaired) electrons. The summed E-state index contributed by atoms with van der Waals surface area (Å²) in [6, 6.07) is 0. The highest BCUT2D eigenvalue weighted by Gasteiger charge is 2.38. The Bertz CT molecular complexity index is 357. The topological polar surface area (TPSA) is 50.7 Å². The molecule has 0 fully saturated rings. The van der Waals surface area contributed by atoms with Crippen LogP contribution in [0.1, 0.15) is 11.6 Å². The predicted molar refractivity (Wildman–Crippen MR) is 53.6 cm³/mol. The van der Waals surface area contributed by atoms with Gasteiger partial charge >= 0.3 is 6.18 Å². The van der Waals surface area contributed by atoms with E-state index < -0.39 is 21.6 Å². The summed E-state index contributed by atoms with van der Waals surface area (Å²) < 4.78 is 34.9. The zero-order chi connectivity index (χ0) is 12.6. The van der Waals surface area contributed by atoms with Crippen LogP contribution in [-0.4, -0.2) is 22.0 Å². The number of alkyl halides is 6. The number of hydrogen-bond acceptors (Lipinski definition) is 4. The first-order valence-corrected chi connectivity index (χ1v) is 4.86. The predicted octanol–water partition coefficient (Wildman–Crippen LogP) is 2.76. The van der Waals surface area contributed by atoms with E-state index in [0.717, 1.165) is 0 Å². The molecule has 0 aromatic carbocycles. The quantitative estimate of drug-likeness (QED) is 0.809. The van der Waals surface area contributed by atoms with Crippen LogP contribution >= 0.6 is 34.8 Å². The van der Waals surface area contributed by atoms with Crippen molar-refractivity contribution in [2.45, 2.75) is 9.97 Å². The third-order valence-corrected chi connectivity index (χ3v) is 1.87. The van der Waals surface area contributed by atoms with Gasteiger partial charge in [0.25, 0.3) is 0 Å². The van der Waals surface area contributed by atoms with Crippen LogP contribution in [0.5, 0.6) is 0 Å². The van der Waals surface area contributed by atoms with Crippen LogP contribution in [0.2, 0.25) is 0 Å². The summed E-state index contributed by atoms with van der Waals surface area (Å²) >= 11 is 16.2. The van der Waals surface area contributed by atoms with Gasteiger partial charge in [0.05, 0.1) is 0 Å². The number of rotatable bonds is 1. The molecule has 0 saturated heterocycles. The van der Waals surface area contributed by atoms with Crippen molar-refractivity contribution < 1.29 is 13.2 Å². The van der Waals surface area contributed by atoms with Crippen LogP contribution in [-0.2, 0) is 9.97 Å². The Morgan fingerprint density at radius 2 is 1.50 bits per heavy atom. The molecule has 1 N–H and O–H groups in total. The Balaban J connectivity index is 3.33. The van der Waals surface area contributed by atoms with Gasteiger partial charge in [-0.15, -0.1) is 0 Å². The number of nitrogens with zero attached hydrogens (tertiary/aromatic N) is 3. The largest absolute Gasteiger partial charge is 0.451 e. The molecule has 4 nitrogen and oxygen atoms in total. The van der Waals surface area contributed by atoms with Crippen LogP contribution in [0.4, 0.5) is 19.1 Å². The van der Waals surface area contributed by atoms with E-state index in [1.54, 1.807) is 0 Å². The van der Waals surface area contributed by atoms with Gasteiger partial charge in [-0.1, -0.05) is 34.8 Å². The van der Waals surface area contributed by atoms with Gasteiger partial charge in [0.15, 0.2) is 5.82 Å². The fourth-order valence-corrected chi connectivity index (χ4v) is 0.995. The lowest BCUT2D eigenvalue weighted by Gasteiger charge is -2.12. The molecule has 90 valence electrons. The summed E-state index contributed by atoms with van der Waals surface area (Å²) in [7, 11) is 1.33. The second kappa shape index (κ2) is 4.38. The van der Waals surface area contributed by atoms with Crippen molar-refractivity contribution in [2.75, 3.05) is 12.4 Å². The summed E-state index contributed by atoms with van der Waals surface area (Å²) in [5, 5.41) is 2.31. The average Bonchev–Trinajstić information content (AvgIpc) is 2.14. The summed E-state index contributed by atoms with van der Waals surface area (Å²) in [5.74, 6) is -2.35. The molecule has 1 aromatic rings. The molecule has 0 spiro atoms. The lowest BCUT2D eigenvalue weighted by molar-refractivity contribution is -0.145. The molecule has 1 heterocycles. The molecule has 0 saturated carbocycles. The number of halogens is 6. The molecule has 0 atom stereocenters. The molecule has 0 unspecified atom stereocenters. The van der Waals surface area contributed by atoms with E-state index in [0.29, 0.717) is 0 Å². The zero-order valence-corrected chi connectivity index (χ0v) is 9.88. The van der Waals surface area contributed by atoms with E-state index in [4.69, 9.17) is 34.8 Å². The Hall–Kier alpha value is -0.530. The first-order valence-electron chi connectivity index (χ1n) is 3.73. The Kier molecular flexibility index (Phi) is 3.71. The minimum Gasteiger partial charge on any atom is -0.357 e. The molecular formula is C6H4Cl3F3N4. The molecule has 0 aliphatic rings. The molecule has 0 bridgehead atoms. The molecule has 1 aromatic heterocycles. The molecule has 1 rings (SSSR count). The Morgan fingerprint density at radius 3 is 1.88 bits per heavy atom. The van der Waals surface area contributed by atoms with E-state index in [2.05, 4.69) is 20.3 Å². The molecule has 16 heavy (non-hydrogen) atoms. The zero-order valence-electron chi connectivity index (χ0n) is 7.61. The SMILES string of the molecule is CNc1nc(C(F)(F)F)nc(C(Cl)(Cl)Cl)n1. The molecule has 0 aliphatic heterocycles. The van der Waals surface area contributed by atoms with Crippen molar-refractivity contribution in [1.82, 2.24) is 15.0 Å². The lowest BCUT2D eigenvalue weighted by Crippen LogP contribution is -2.19. The maximum Gasteiger partial charge on any atom is 0.451 e. The van der Waals surface area contributed by atoms with E-state index in [-0.39, 0.29) is 5.95 Å². The van der Waals surface area contributed by atoms with Gasteiger partial charge in [-0.2, -0.15) is 23.1 Å². The lowest BCUT2D eigenvalue weighted by atomic mass is 10.5. The first kappa shape index (κ1) is 13.5. The molecule has 0 aliphatic carbocycles. The van der Waals surface area contributed by atoms with Crippen LogP contribution in [0.15, 0.2) is 0 Å².